The van der Waals surface area contributed by atoms with Crippen LogP contribution in [0.15, 0.2) is 22.7 Å². The van der Waals surface area contributed by atoms with Crippen LogP contribution < -0.4 is 10.2 Å². The standard InChI is InChI=1S/C12H17BrN2O/c1-14-9-10-8-11(13)2-3-12(10)15-4-6-16-7-5-15/h2-3,8,14H,4-7,9H2,1H3. The minimum Gasteiger partial charge on any atom is -0.378 e. The minimum absolute atomic E-state index is 0.828. The van der Waals surface area contributed by atoms with Gasteiger partial charge in [-0.1, -0.05) is 15.9 Å². The van der Waals surface area contributed by atoms with Crippen molar-refractivity contribution in [1.29, 1.82) is 0 Å². The monoisotopic (exact) mass is 284 g/mol. The molecule has 0 spiro atoms. The van der Waals surface area contributed by atoms with Gasteiger partial charge in [-0.15, -0.1) is 0 Å². The van der Waals surface area contributed by atoms with Gasteiger partial charge in [-0.25, -0.2) is 0 Å². The number of halogens is 1. The molecule has 3 nitrogen and oxygen atoms in total. The second kappa shape index (κ2) is 5.66. The van der Waals surface area contributed by atoms with Gasteiger partial charge in [0.2, 0.25) is 0 Å². The Labute approximate surface area is 105 Å². The normalized spacial score (nSPS) is 16.5. The van der Waals surface area contributed by atoms with Crippen molar-refractivity contribution in [3.8, 4) is 0 Å². The lowest BCUT2D eigenvalue weighted by molar-refractivity contribution is 0.122. The number of nitrogens with zero attached hydrogens (tertiary/aromatic N) is 1. The van der Waals surface area contributed by atoms with Crippen molar-refractivity contribution in [3.05, 3.63) is 28.2 Å². The second-order valence-corrected chi connectivity index (χ2v) is 4.82. The quantitative estimate of drug-likeness (QED) is 0.919. The van der Waals surface area contributed by atoms with Crippen LogP contribution >= 0.6 is 15.9 Å². The SMILES string of the molecule is CNCc1cc(Br)ccc1N1CCOCC1. The van der Waals surface area contributed by atoms with E-state index in [1.165, 1.54) is 11.3 Å². The summed E-state index contributed by atoms with van der Waals surface area (Å²) in [5, 5.41) is 3.21. The Morgan fingerprint density at radius 3 is 2.81 bits per heavy atom. The third-order valence-electron chi connectivity index (χ3n) is 2.76. The van der Waals surface area contributed by atoms with E-state index in [1.807, 2.05) is 7.05 Å². The summed E-state index contributed by atoms with van der Waals surface area (Å²) in [5.41, 5.74) is 2.65. The molecule has 1 fully saturated rings. The molecule has 1 aromatic carbocycles. The molecule has 0 amide bonds. The van der Waals surface area contributed by atoms with Crippen molar-refractivity contribution < 1.29 is 4.74 Å². The molecule has 1 aliphatic heterocycles. The van der Waals surface area contributed by atoms with Crippen LogP contribution in [0, 0.1) is 0 Å². The lowest BCUT2D eigenvalue weighted by Crippen LogP contribution is -2.37. The van der Waals surface area contributed by atoms with E-state index in [4.69, 9.17) is 4.74 Å². The first-order chi connectivity index (χ1) is 7.81. The van der Waals surface area contributed by atoms with Crippen molar-refractivity contribution in [2.24, 2.45) is 0 Å². The molecule has 16 heavy (non-hydrogen) atoms. The second-order valence-electron chi connectivity index (χ2n) is 3.90. The molecule has 0 aliphatic carbocycles. The highest BCUT2D eigenvalue weighted by atomic mass is 79.9. The molecular formula is C12H17BrN2O. The van der Waals surface area contributed by atoms with Crippen LogP contribution in [0.5, 0.6) is 0 Å². The van der Waals surface area contributed by atoms with E-state index in [0.717, 1.165) is 37.3 Å². The lowest BCUT2D eigenvalue weighted by Gasteiger charge is -2.30. The Hall–Kier alpha value is -0.580. The molecule has 0 atom stereocenters. The van der Waals surface area contributed by atoms with Crippen LogP contribution in [0.2, 0.25) is 0 Å². The Balaban J connectivity index is 2.23. The molecule has 2 rings (SSSR count). The third kappa shape index (κ3) is 2.75. The Morgan fingerprint density at radius 2 is 2.12 bits per heavy atom. The number of hydrogen-bond acceptors (Lipinski definition) is 3. The van der Waals surface area contributed by atoms with Crippen LogP contribution in [-0.2, 0) is 11.3 Å². The van der Waals surface area contributed by atoms with Gasteiger partial charge in [0.25, 0.3) is 0 Å². The van der Waals surface area contributed by atoms with Crippen molar-refractivity contribution in [2.45, 2.75) is 6.54 Å². The maximum Gasteiger partial charge on any atom is 0.0642 e. The molecule has 1 N–H and O–H groups in total. The lowest BCUT2D eigenvalue weighted by atomic mass is 10.1. The number of ether oxygens (including phenoxy) is 1. The van der Waals surface area contributed by atoms with Gasteiger partial charge in [-0.2, -0.15) is 0 Å². The molecule has 1 heterocycles. The first kappa shape index (κ1) is 11.9. The number of rotatable bonds is 3. The summed E-state index contributed by atoms with van der Waals surface area (Å²) < 4.78 is 6.51. The van der Waals surface area contributed by atoms with Gasteiger partial charge in [0.1, 0.15) is 0 Å². The maximum absolute atomic E-state index is 5.38. The van der Waals surface area contributed by atoms with Gasteiger partial charge in [-0.05, 0) is 30.8 Å². The molecular weight excluding hydrogens is 268 g/mol. The average Bonchev–Trinajstić information content (AvgIpc) is 2.31. The zero-order valence-electron chi connectivity index (χ0n) is 9.50. The van der Waals surface area contributed by atoms with Crippen LogP contribution in [0.1, 0.15) is 5.56 Å². The fourth-order valence-corrected chi connectivity index (χ4v) is 2.41. The fourth-order valence-electron chi connectivity index (χ4n) is 2.00. The molecule has 1 aliphatic rings. The predicted octanol–water partition coefficient (Wildman–Crippen LogP) is 2.01. The summed E-state index contributed by atoms with van der Waals surface area (Å²) in [6.45, 7) is 4.52. The Bertz CT molecular complexity index is 351. The number of morpholine rings is 1. The number of benzene rings is 1. The van der Waals surface area contributed by atoms with Crippen molar-refractivity contribution in [2.75, 3.05) is 38.3 Å². The van der Waals surface area contributed by atoms with Gasteiger partial charge in [0.05, 0.1) is 13.2 Å². The molecule has 0 unspecified atom stereocenters. The van der Waals surface area contributed by atoms with E-state index in [-0.39, 0.29) is 0 Å². The molecule has 0 radical (unpaired) electrons. The molecule has 1 aromatic rings. The highest BCUT2D eigenvalue weighted by Gasteiger charge is 2.14. The van der Waals surface area contributed by atoms with Crippen LogP contribution in [0.4, 0.5) is 5.69 Å². The fraction of sp³-hybridized carbons (Fsp3) is 0.500. The van der Waals surface area contributed by atoms with E-state index in [2.05, 4.69) is 44.3 Å². The Kier molecular flexibility index (Phi) is 4.21. The van der Waals surface area contributed by atoms with E-state index in [1.54, 1.807) is 0 Å². The molecule has 4 heteroatoms. The van der Waals surface area contributed by atoms with Gasteiger partial charge in [0.15, 0.2) is 0 Å². The maximum atomic E-state index is 5.38. The van der Waals surface area contributed by atoms with Crippen molar-refractivity contribution >= 4 is 21.6 Å². The van der Waals surface area contributed by atoms with E-state index in [0.29, 0.717) is 0 Å². The molecule has 0 bridgehead atoms. The smallest absolute Gasteiger partial charge is 0.0642 e. The number of nitrogens with one attached hydrogen (secondary N) is 1. The highest BCUT2D eigenvalue weighted by Crippen LogP contribution is 2.25. The number of anilines is 1. The Morgan fingerprint density at radius 1 is 1.38 bits per heavy atom. The van der Waals surface area contributed by atoms with E-state index in [9.17, 15) is 0 Å². The highest BCUT2D eigenvalue weighted by molar-refractivity contribution is 9.10. The minimum atomic E-state index is 0.828. The van der Waals surface area contributed by atoms with Crippen LogP contribution in [0.25, 0.3) is 0 Å². The summed E-state index contributed by atoms with van der Waals surface area (Å²) in [6, 6.07) is 6.47. The van der Waals surface area contributed by atoms with E-state index < -0.39 is 0 Å². The molecule has 88 valence electrons. The van der Waals surface area contributed by atoms with Gasteiger partial charge >= 0.3 is 0 Å². The summed E-state index contributed by atoms with van der Waals surface area (Å²) in [6.07, 6.45) is 0. The molecule has 0 aromatic heterocycles. The van der Waals surface area contributed by atoms with Crippen LogP contribution in [0.3, 0.4) is 0 Å². The summed E-state index contributed by atoms with van der Waals surface area (Å²) >= 11 is 3.52. The summed E-state index contributed by atoms with van der Waals surface area (Å²) in [4.78, 5) is 2.39. The predicted molar refractivity (Wildman–Crippen MR) is 69.9 cm³/mol. The molecule has 1 saturated heterocycles. The molecule has 0 saturated carbocycles. The third-order valence-corrected chi connectivity index (χ3v) is 3.25. The van der Waals surface area contributed by atoms with Gasteiger partial charge in [0, 0.05) is 29.8 Å². The summed E-state index contributed by atoms with van der Waals surface area (Å²) in [5.74, 6) is 0. The first-order valence-electron chi connectivity index (χ1n) is 5.57. The largest absolute Gasteiger partial charge is 0.378 e. The van der Waals surface area contributed by atoms with Crippen molar-refractivity contribution in [3.63, 3.8) is 0 Å². The zero-order chi connectivity index (χ0) is 11.4. The summed E-state index contributed by atoms with van der Waals surface area (Å²) in [7, 11) is 1.98. The average molecular weight is 285 g/mol. The van der Waals surface area contributed by atoms with E-state index >= 15 is 0 Å². The number of hydrogen-bond donors (Lipinski definition) is 1. The van der Waals surface area contributed by atoms with Crippen molar-refractivity contribution in [1.82, 2.24) is 5.32 Å². The first-order valence-corrected chi connectivity index (χ1v) is 6.36. The van der Waals surface area contributed by atoms with Crippen LogP contribution in [-0.4, -0.2) is 33.4 Å². The zero-order valence-corrected chi connectivity index (χ0v) is 11.1. The topological polar surface area (TPSA) is 24.5 Å². The van der Waals surface area contributed by atoms with Gasteiger partial charge < -0.3 is 15.0 Å². The van der Waals surface area contributed by atoms with Gasteiger partial charge in [-0.3, -0.25) is 0 Å².